The molecule has 1 atom stereocenters. The van der Waals surface area contributed by atoms with Crippen LogP contribution in [-0.2, 0) is 27.1 Å². The number of methoxy groups -OCH3 is 1. The van der Waals surface area contributed by atoms with Crippen molar-refractivity contribution in [3.8, 4) is 5.88 Å². The van der Waals surface area contributed by atoms with Crippen LogP contribution in [0.1, 0.15) is 41.4 Å². The first-order valence-corrected chi connectivity index (χ1v) is 7.42. The molecule has 0 amide bonds. The number of nitrogens with zero attached hydrogens (tertiary/aromatic N) is 4. The highest BCUT2D eigenvalue weighted by Gasteiger charge is 2.24. The van der Waals surface area contributed by atoms with Crippen LogP contribution < -0.4 is 10.1 Å². The van der Waals surface area contributed by atoms with Gasteiger partial charge in [-0.1, -0.05) is 0 Å². The van der Waals surface area contributed by atoms with Gasteiger partial charge in [0.15, 0.2) is 0 Å². The van der Waals surface area contributed by atoms with Crippen LogP contribution in [0.4, 0.5) is 0 Å². The van der Waals surface area contributed by atoms with Crippen LogP contribution in [0.5, 0.6) is 5.88 Å². The van der Waals surface area contributed by atoms with E-state index in [1.54, 1.807) is 11.8 Å². The maximum absolute atomic E-state index is 5.45. The number of hydrogen-bond acceptors (Lipinski definition) is 4. The van der Waals surface area contributed by atoms with E-state index in [2.05, 4.69) is 15.5 Å². The molecule has 2 aromatic heterocycles. The molecular formula is C15H23N5O. The predicted molar refractivity (Wildman–Crippen MR) is 80.2 cm³/mol. The van der Waals surface area contributed by atoms with Crippen molar-refractivity contribution in [2.45, 2.75) is 38.8 Å². The third kappa shape index (κ3) is 2.44. The summed E-state index contributed by atoms with van der Waals surface area (Å²) in [6.07, 6.45) is 5.48. The maximum atomic E-state index is 5.45. The van der Waals surface area contributed by atoms with Gasteiger partial charge >= 0.3 is 0 Å². The summed E-state index contributed by atoms with van der Waals surface area (Å²) in [7, 11) is 5.63. The highest BCUT2D eigenvalue weighted by atomic mass is 16.5. The zero-order chi connectivity index (χ0) is 15.0. The van der Waals surface area contributed by atoms with Crippen molar-refractivity contribution in [2.24, 2.45) is 14.1 Å². The molecule has 6 heteroatoms. The van der Waals surface area contributed by atoms with Crippen molar-refractivity contribution in [1.29, 1.82) is 0 Å². The van der Waals surface area contributed by atoms with E-state index in [0.29, 0.717) is 6.04 Å². The molecular weight excluding hydrogens is 266 g/mol. The van der Waals surface area contributed by atoms with E-state index in [9.17, 15) is 0 Å². The summed E-state index contributed by atoms with van der Waals surface area (Å²) in [4.78, 5) is 0. The molecule has 0 saturated heterocycles. The van der Waals surface area contributed by atoms with Gasteiger partial charge in [-0.05, 0) is 26.2 Å². The highest BCUT2D eigenvalue weighted by Crippen LogP contribution is 2.30. The van der Waals surface area contributed by atoms with E-state index in [1.165, 1.54) is 17.7 Å². The van der Waals surface area contributed by atoms with Crippen LogP contribution in [0.3, 0.4) is 0 Å². The van der Waals surface area contributed by atoms with E-state index in [-0.39, 0.29) is 0 Å². The molecule has 1 aliphatic carbocycles. The van der Waals surface area contributed by atoms with Crippen LogP contribution in [0.15, 0.2) is 6.20 Å². The molecule has 0 saturated carbocycles. The van der Waals surface area contributed by atoms with E-state index in [0.717, 1.165) is 36.5 Å². The maximum Gasteiger partial charge on any atom is 0.216 e. The van der Waals surface area contributed by atoms with Gasteiger partial charge in [0.1, 0.15) is 0 Å². The Bertz CT molecular complexity index is 643. The third-order valence-electron chi connectivity index (χ3n) is 4.38. The van der Waals surface area contributed by atoms with Gasteiger partial charge in [-0.25, -0.2) is 4.68 Å². The van der Waals surface area contributed by atoms with Gasteiger partial charge in [-0.2, -0.15) is 10.2 Å². The molecule has 114 valence electrons. The molecule has 0 aliphatic heterocycles. The van der Waals surface area contributed by atoms with Crippen LogP contribution in [0.25, 0.3) is 0 Å². The summed E-state index contributed by atoms with van der Waals surface area (Å²) in [5.74, 6) is 0.835. The Kier molecular flexibility index (Phi) is 3.71. The fourth-order valence-electron chi connectivity index (χ4n) is 3.28. The topological polar surface area (TPSA) is 56.9 Å². The van der Waals surface area contributed by atoms with E-state index in [1.807, 2.05) is 31.9 Å². The number of aryl methyl sites for hydroxylation is 3. The van der Waals surface area contributed by atoms with E-state index in [4.69, 9.17) is 4.74 Å². The second kappa shape index (κ2) is 5.52. The number of fused-ring (bicyclic) bond motifs is 1. The molecule has 0 aromatic carbocycles. The van der Waals surface area contributed by atoms with Gasteiger partial charge in [0.25, 0.3) is 0 Å². The van der Waals surface area contributed by atoms with Crippen LogP contribution in [0.2, 0.25) is 0 Å². The summed E-state index contributed by atoms with van der Waals surface area (Å²) in [5.41, 5.74) is 4.85. The lowest BCUT2D eigenvalue weighted by Crippen LogP contribution is -2.25. The molecule has 21 heavy (non-hydrogen) atoms. The van der Waals surface area contributed by atoms with Crippen molar-refractivity contribution < 1.29 is 4.74 Å². The molecule has 6 nitrogen and oxygen atoms in total. The minimum Gasteiger partial charge on any atom is -0.481 e. The van der Waals surface area contributed by atoms with Gasteiger partial charge in [0.05, 0.1) is 24.6 Å². The number of rotatable bonds is 4. The SMILES string of the molecule is COc1c(CN[C@H]2CCCc3c2cnn3C)c(C)nn1C. The Labute approximate surface area is 125 Å². The van der Waals surface area contributed by atoms with Crippen molar-refractivity contribution in [3.05, 3.63) is 28.7 Å². The first-order chi connectivity index (χ1) is 10.1. The monoisotopic (exact) mass is 289 g/mol. The average molecular weight is 289 g/mol. The molecule has 2 heterocycles. The quantitative estimate of drug-likeness (QED) is 0.929. The highest BCUT2D eigenvalue weighted by molar-refractivity contribution is 5.31. The zero-order valence-electron chi connectivity index (χ0n) is 13.2. The fourth-order valence-corrected chi connectivity index (χ4v) is 3.28. The van der Waals surface area contributed by atoms with Crippen molar-refractivity contribution >= 4 is 0 Å². The minimum absolute atomic E-state index is 0.367. The summed E-state index contributed by atoms with van der Waals surface area (Å²) in [6.45, 7) is 2.79. The molecule has 0 unspecified atom stereocenters. The largest absolute Gasteiger partial charge is 0.481 e. The average Bonchev–Trinajstić information content (AvgIpc) is 2.97. The summed E-state index contributed by atoms with van der Waals surface area (Å²) in [5, 5.41) is 12.5. The normalized spacial score (nSPS) is 17.8. The number of aromatic nitrogens is 4. The Hall–Kier alpha value is -1.82. The second-order valence-electron chi connectivity index (χ2n) is 5.69. The van der Waals surface area contributed by atoms with Gasteiger partial charge in [-0.15, -0.1) is 0 Å². The number of hydrogen-bond donors (Lipinski definition) is 1. The third-order valence-corrected chi connectivity index (χ3v) is 4.38. The minimum atomic E-state index is 0.367. The Balaban J connectivity index is 1.77. The Morgan fingerprint density at radius 1 is 1.38 bits per heavy atom. The summed E-state index contributed by atoms with van der Waals surface area (Å²) < 4.78 is 9.25. The van der Waals surface area contributed by atoms with Gasteiger partial charge in [-0.3, -0.25) is 4.68 Å². The molecule has 0 spiro atoms. The second-order valence-corrected chi connectivity index (χ2v) is 5.69. The predicted octanol–water partition coefficient (Wildman–Crippen LogP) is 1.64. The van der Waals surface area contributed by atoms with Crippen LogP contribution in [-0.4, -0.2) is 26.7 Å². The van der Waals surface area contributed by atoms with Gasteiger partial charge in [0.2, 0.25) is 5.88 Å². The van der Waals surface area contributed by atoms with Crippen molar-refractivity contribution in [1.82, 2.24) is 24.9 Å². The standard InChI is InChI=1S/C15H23N5O/c1-10-11(15(21-4)20(3)18-10)8-16-13-6-5-7-14-12(13)9-17-19(14)2/h9,13,16H,5-8H2,1-4H3/t13-/m0/s1. The molecule has 1 N–H and O–H groups in total. The zero-order valence-corrected chi connectivity index (χ0v) is 13.2. The number of ether oxygens (including phenoxy) is 1. The van der Waals surface area contributed by atoms with Crippen LogP contribution in [0, 0.1) is 6.92 Å². The van der Waals surface area contributed by atoms with Crippen molar-refractivity contribution in [2.75, 3.05) is 7.11 Å². The lowest BCUT2D eigenvalue weighted by atomic mass is 9.93. The first kappa shape index (κ1) is 14.1. The molecule has 2 aromatic rings. The smallest absolute Gasteiger partial charge is 0.216 e. The van der Waals surface area contributed by atoms with E-state index >= 15 is 0 Å². The van der Waals surface area contributed by atoms with Crippen LogP contribution >= 0.6 is 0 Å². The molecule has 0 radical (unpaired) electrons. The Morgan fingerprint density at radius 3 is 2.95 bits per heavy atom. The summed E-state index contributed by atoms with van der Waals surface area (Å²) in [6, 6.07) is 0.367. The van der Waals surface area contributed by atoms with Gasteiger partial charge in [0, 0.05) is 37.9 Å². The fraction of sp³-hybridized carbons (Fsp3) is 0.600. The summed E-state index contributed by atoms with van der Waals surface area (Å²) >= 11 is 0. The molecule has 0 bridgehead atoms. The Morgan fingerprint density at radius 2 is 2.19 bits per heavy atom. The van der Waals surface area contributed by atoms with E-state index < -0.39 is 0 Å². The molecule has 3 rings (SSSR count). The first-order valence-electron chi connectivity index (χ1n) is 7.42. The van der Waals surface area contributed by atoms with Gasteiger partial charge < -0.3 is 10.1 Å². The number of nitrogens with one attached hydrogen (secondary N) is 1. The molecule has 0 fully saturated rings. The lowest BCUT2D eigenvalue weighted by molar-refractivity contribution is 0.365. The lowest BCUT2D eigenvalue weighted by Gasteiger charge is -2.24. The van der Waals surface area contributed by atoms with Crippen molar-refractivity contribution in [3.63, 3.8) is 0 Å². The molecule has 1 aliphatic rings.